The Kier molecular flexibility index (Phi) is 3.69. The molecule has 2 aromatic heterocycles. The lowest BCUT2D eigenvalue weighted by molar-refractivity contribution is 0.548. The second kappa shape index (κ2) is 5.80. The van der Waals surface area contributed by atoms with E-state index in [-0.39, 0.29) is 6.04 Å². The zero-order valence-corrected chi connectivity index (χ0v) is 11.9. The van der Waals surface area contributed by atoms with Gasteiger partial charge in [-0.05, 0) is 35.0 Å². The molecule has 0 saturated carbocycles. The van der Waals surface area contributed by atoms with Crippen molar-refractivity contribution in [2.24, 2.45) is 7.05 Å². The van der Waals surface area contributed by atoms with Crippen LogP contribution in [0.4, 0.5) is 0 Å². The number of aryl methyl sites for hydroxylation is 1. The van der Waals surface area contributed by atoms with E-state index in [1.54, 1.807) is 17.3 Å². The average molecular weight is 284 g/mol. The van der Waals surface area contributed by atoms with Gasteiger partial charge in [0.05, 0.1) is 12.2 Å². The Labute approximate surface area is 121 Å². The predicted octanol–water partition coefficient (Wildman–Crippen LogP) is 0.642. The van der Waals surface area contributed by atoms with Crippen LogP contribution in [-0.4, -0.2) is 35.0 Å². The number of rotatable bonds is 5. The predicted molar refractivity (Wildman–Crippen MR) is 75.4 cm³/mol. The van der Waals surface area contributed by atoms with E-state index in [4.69, 9.17) is 0 Å². The number of benzene rings is 1. The van der Waals surface area contributed by atoms with Gasteiger partial charge in [-0.2, -0.15) is 0 Å². The van der Waals surface area contributed by atoms with Crippen molar-refractivity contribution in [1.29, 1.82) is 0 Å². The van der Waals surface area contributed by atoms with Gasteiger partial charge in [-0.25, -0.2) is 4.68 Å². The summed E-state index contributed by atoms with van der Waals surface area (Å²) >= 11 is 0. The molecule has 0 amide bonds. The van der Waals surface area contributed by atoms with Crippen molar-refractivity contribution in [2.75, 3.05) is 0 Å². The monoisotopic (exact) mass is 284 g/mol. The maximum atomic E-state index is 4.06. The van der Waals surface area contributed by atoms with Gasteiger partial charge in [-0.1, -0.05) is 12.1 Å². The molecule has 0 aliphatic heterocycles. The lowest BCUT2D eigenvalue weighted by atomic mass is 10.1. The average Bonchev–Trinajstić information content (AvgIpc) is 3.16. The van der Waals surface area contributed by atoms with Crippen LogP contribution in [0.15, 0.2) is 36.9 Å². The van der Waals surface area contributed by atoms with E-state index in [0.717, 1.165) is 17.1 Å². The molecule has 0 aliphatic rings. The summed E-state index contributed by atoms with van der Waals surface area (Å²) in [6.45, 7) is 2.77. The molecule has 1 aromatic carbocycles. The number of nitrogens with zero attached hydrogens (tertiary/aromatic N) is 7. The van der Waals surface area contributed by atoms with E-state index < -0.39 is 0 Å². The second-order valence-electron chi connectivity index (χ2n) is 4.81. The van der Waals surface area contributed by atoms with Crippen LogP contribution in [0.1, 0.15) is 24.4 Å². The minimum atomic E-state index is 0.179. The van der Waals surface area contributed by atoms with Gasteiger partial charge in [0.25, 0.3) is 0 Å². The number of tetrazole rings is 1. The molecule has 0 bridgehead atoms. The summed E-state index contributed by atoms with van der Waals surface area (Å²) in [5.74, 6) is 0.901. The molecule has 3 aromatic rings. The fourth-order valence-electron chi connectivity index (χ4n) is 2.05. The minimum absolute atomic E-state index is 0.179. The summed E-state index contributed by atoms with van der Waals surface area (Å²) in [6, 6.07) is 8.27. The zero-order chi connectivity index (χ0) is 14.7. The molecule has 8 nitrogen and oxygen atoms in total. The molecule has 8 heteroatoms. The Morgan fingerprint density at radius 1 is 1.24 bits per heavy atom. The van der Waals surface area contributed by atoms with Crippen molar-refractivity contribution >= 4 is 0 Å². The smallest absolute Gasteiger partial charge is 0.146 e. The van der Waals surface area contributed by atoms with Crippen LogP contribution < -0.4 is 5.32 Å². The Hall–Kier alpha value is -2.61. The van der Waals surface area contributed by atoms with Gasteiger partial charge in [0.1, 0.15) is 18.5 Å². The van der Waals surface area contributed by atoms with Crippen molar-refractivity contribution in [3.63, 3.8) is 0 Å². The van der Waals surface area contributed by atoms with E-state index in [2.05, 4.69) is 50.1 Å². The van der Waals surface area contributed by atoms with Crippen molar-refractivity contribution in [2.45, 2.75) is 19.5 Å². The number of hydrogen-bond donors (Lipinski definition) is 1. The van der Waals surface area contributed by atoms with Gasteiger partial charge < -0.3 is 9.88 Å². The van der Waals surface area contributed by atoms with E-state index in [9.17, 15) is 0 Å². The molecule has 0 saturated heterocycles. The SMILES string of the molecule is CC(NCc1nncn1C)c1cccc(-n2cnnn2)c1. The minimum Gasteiger partial charge on any atom is -0.320 e. The van der Waals surface area contributed by atoms with E-state index in [1.165, 1.54) is 0 Å². The topological polar surface area (TPSA) is 86.3 Å². The van der Waals surface area contributed by atoms with Crippen LogP contribution in [0.2, 0.25) is 0 Å². The van der Waals surface area contributed by atoms with E-state index in [1.807, 2.05) is 23.7 Å². The molecule has 1 N–H and O–H groups in total. The first-order chi connectivity index (χ1) is 10.2. The van der Waals surface area contributed by atoms with Crippen LogP contribution in [0, 0.1) is 0 Å². The maximum absolute atomic E-state index is 4.06. The van der Waals surface area contributed by atoms with Gasteiger partial charge in [-0.3, -0.25) is 0 Å². The highest BCUT2D eigenvalue weighted by molar-refractivity contribution is 5.35. The summed E-state index contributed by atoms with van der Waals surface area (Å²) in [6.07, 6.45) is 3.27. The standard InChI is InChI=1S/C13H16N8/c1-10(14-7-13-17-15-8-20(13)2)11-4-3-5-12(6-11)21-9-16-18-19-21/h3-6,8-10,14H,7H2,1-2H3. The number of nitrogens with one attached hydrogen (secondary N) is 1. The summed E-state index contributed by atoms with van der Waals surface area (Å²) in [4.78, 5) is 0. The molecule has 0 fully saturated rings. The van der Waals surface area contributed by atoms with Crippen molar-refractivity contribution < 1.29 is 0 Å². The number of hydrogen-bond acceptors (Lipinski definition) is 6. The van der Waals surface area contributed by atoms with Gasteiger partial charge in [-0.15, -0.1) is 15.3 Å². The van der Waals surface area contributed by atoms with Gasteiger partial charge >= 0.3 is 0 Å². The first-order valence-corrected chi connectivity index (χ1v) is 6.63. The molecule has 0 aliphatic carbocycles. The fraction of sp³-hybridized carbons (Fsp3) is 0.308. The van der Waals surface area contributed by atoms with Crippen LogP contribution >= 0.6 is 0 Å². The van der Waals surface area contributed by atoms with Gasteiger partial charge in [0.2, 0.25) is 0 Å². The molecule has 3 rings (SSSR count). The van der Waals surface area contributed by atoms with Crippen LogP contribution in [-0.2, 0) is 13.6 Å². The third kappa shape index (κ3) is 2.95. The van der Waals surface area contributed by atoms with Crippen LogP contribution in [0.3, 0.4) is 0 Å². The first kappa shape index (κ1) is 13.4. The summed E-state index contributed by atoms with van der Waals surface area (Å²) in [5.41, 5.74) is 2.09. The quantitative estimate of drug-likeness (QED) is 0.740. The third-order valence-electron chi connectivity index (χ3n) is 3.36. The fourth-order valence-corrected chi connectivity index (χ4v) is 2.05. The molecule has 108 valence electrons. The van der Waals surface area contributed by atoms with E-state index >= 15 is 0 Å². The van der Waals surface area contributed by atoms with Crippen LogP contribution in [0.25, 0.3) is 5.69 Å². The molecular weight excluding hydrogens is 268 g/mol. The molecular formula is C13H16N8. The van der Waals surface area contributed by atoms with Crippen molar-refractivity contribution in [3.8, 4) is 5.69 Å². The summed E-state index contributed by atoms with van der Waals surface area (Å²) < 4.78 is 3.54. The van der Waals surface area contributed by atoms with Gasteiger partial charge in [0, 0.05) is 13.1 Å². The lowest BCUT2D eigenvalue weighted by Gasteiger charge is -2.14. The van der Waals surface area contributed by atoms with Crippen molar-refractivity contribution in [1.82, 2.24) is 40.3 Å². The molecule has 1 unspecified atom stereocenters. The Balaban J connectivity index is 1.71. The Morgan fingerprint density at radius 2 is 2.14 bits per heavy atom. The molecule has 21 heavy (non-hydrogen) atoms. The third-order valence-corrected chi connectivity index (χ3v) is 3.36. The molecule has 0 spiro atoms. The maximum Gasteiger partial charge on any atom is 0.146 e. The van der Waals surface area contributed by atoms with Crippen molar-refractivity contribution in [3.05, 3.63) is 48.3 Å². The Morgan fingerprint density at radius 3 is 2.86 bits per heavy atom. The van der Waals surface area contributed by atoms with E-state index in [0.29, 0.717) is 6.54 Å². The Bertz CT molecular complexity index is 703. The highest BCUT2D eigenvalue weighted by Crippen LogP contribution is 2.16. The summed E-state index contributed by atoms with van der Waals surface area (Å²) in [5, 5.41) is 22.6. The molecule has 1 atom stereocenters. The molecule has 2 heterocycles. The summed E-state index contributed by atoms with van der Waals surface area (Å²) in [7, 11) is 1.93. The number of aromatic nitrogens is 7. The van der Waals surface area contributed by atoms with Gasteiger partial charge in [0.15, 0.2) is 0 Å². The zero-order valence-electron chi connectivity index (χ0n) is 11.9. The first-order valence-electron chi connectivity index (χ1n) is 6.63. The highest BCUT2D eigenvalue weighted by atomic mass is 15.5. The normalized spacial score (nSPS) is 12.5. The lowest BCUT2D eigenvalue weighted by Crippen LogP contribution is -2.20. The second-order valence-corrected chi connectivity index (χ2v) is 4.81. The van der Waals surface area contributed by atoms with Crippen LogP contribution in [0.5, 0.6) is 0 Å². The highest BCUT2D eigenvalue weighted by Gasteiger charge is 2.08. The largest absolute Gasteiger partial charge is 0.320 e. The molecule has 0 radical (unpaired) electrons.